The third-order valence-corrected chi connectivity index (χ3v) is 3.71. The summed E-state index contributed by atoms with van der Waals surface area (Å²) in [7, 11) is 4.20. The number of likely N-dealkylation sites (N-methyl/N-ethyl adjacent to an activating group) is 1. The van der Waals surface area contributed by atoms with Crippen molar-refractivity contribution in [3.63, 3.8) is 0 Å². The minimum Gasteiger partial charge on any atom is -0.326 e. The van der Waals surface area contributed by atoms with Gasteiger partial charge in [0.05, 0.1) is 0 Å². The number of hydrogen-bond acceptors (Lipinski definition) is 3. The van der Waals surface area contributed by atoms with Gasteiger partial charge in [-0.1, -0.05) is 6.07 Å². The van der Waals surface area contributed by atoms with Gasteiger partial charge >= 0.3 is 0 Å². The Morgan fingerprint density at radius 3 is 2.74 bits per heavy atom. The molecule has 4 heteroatoms. The van der Waals surface area contributed by atoms with E-state index in [1.165, 1.54) is 18.9 Å². The van der Waals surface area contributed by atoms with Gasteiger partial charge in [0.25, 0.3) is 0 Å². The molecule has 1 atom stereocenters. The molecule has 3 nitrogen and oxygen atoms in total. The van der Waals surface area contributed by atoms with Gasteiger partial charge in [-0.25, -0.2) is 4.39 Å². The van der Waals surface area contributed by atoms with Crippen LogP contribution in [0.1, 0.15) is 24.0 Å². The van der Waals surface area contributed by atoms with Gasteiger partial charge in [-0.15, -0.1) is 0 Å². The predicted octanol–water partition coefficient (Wildman–Crippen LogP) is 1.81. The van der Waals surface area contributed by atoms with E-state index < -0.39 is 0 Å². The molecule has 1 aliphatic heterocycles. The van der Waals surface area contributed by atoms with E-state index in [4.69, 9.17) is 5.73 Å². The maximum absolute atomic E-state index is 13.5. The maximum atomic E-state index is 13.5. The van der Waals surface area contributed by atoms with Gasteiger partial charge in [-0.2, -0.15) is 0 Å². The first kappa shape index (κ1) is 14.4. The van der Waals surface area contributed by atoms with Crippen molar-refractivity contribution in [2.24, 2.45) is 5.73 Å². The van der Waals surface area contributed by atoms with Crippen molar-refractivity contribution in [1.29, 1.82) is 0 Å². The van der Waals surface area contributed by atoms with Crippen LogP contribution in [0.2, 0.25) is 0 Å². The van der Waals surface area contributed by atoms with E-state index in [2.05, 4.69) is 23.9 Å². The number of nitrogens with zero attached hydrogens (tertiary/aromatic N) is 2. The van der Waals surface area contributed by atoms with Crippen LogP contribution in [-0.4, -0.2) is 43.0 Å². The number of likely N-dealkylation sites (tertiary alicyclic amines) is 1. The minimum absolute atomic E-state index is 0.179. The lowest BCUT2D eigenvalue weighted by molar-refractivity contribution is 0.201. The zero-order chi connectivity index (χ0) is 13.8. The van der Waals surface area contributed by atoms with E-state index in [0.717, 1.165) is 30.8 Å². The molecule has 0 amide bonds. The SMILES string of the molecule is CN(C)CC1CCCN1Cc1cc(F)cc(CN)c1. The van der Waals surface area contributed by atoms with Crippen LogP contribution in [0.5, 0.6) is 0 Å². The molecule has 1 aromatic rings. The van der Waals surface area contributed by atoms with Crippen LogP contribution >= 0.6 is 0 Å². The van der Waals surface area contributed by atoms with E-state index in [0.29, 0.717) is 12.6 Å². The molecular formula is C15H24FN3. The van der Waals surface area contributed by atoms with E-state index >= 15 is 0 Å². The molecule has 1 saturated heterocycles. The Hall–Kier alpha value is -0.970. The molecule has 1 heterocycles. The van der Waals surface area contributed by atoms with Crippen molar-refractivity contribution in [2.75, 3.05) is 27.2 Å². The molecule has 1 aliphatic rings. The van der Waals surface area contributed by atoms with Gasteiger partial charge < -0.3 is 10.6 Å². The molecule has 2 N–H and O–H groups in total. The van der Waals surface area contributed by atoms with Crippen molar-refractivity contribution in [3.8, 4) is 0 Å². The monoisotopic (exact) mass is 265 g/mol. The average Bonchev–Trinajstić information content (AvgIpc) is 2.75. The van der Waals surface area contributed by atoms with Gasteiger partial charge in [0.1, 0.15) is 5.82 Å². The standard InChI is InChI=1S/C15H24FN3/c1-18(2)11-15-4-3-5-19(15)10-13-6-12(9-17)7-14(16)8-13/h6-8,15H,3-5,9-11,17H2,1-2H3. The fourth-order valence-corrected chi connectivity index (χ4v) is 2.89. The molecule has 0 radical (unpaired) electrons. The van der Waals surface area contributed by atoms with Gasteiger partial charge in [0.15, 0.2) is 0 Å². The average molecular weight is 265 g/mol. The highest BCUT2D eigenvalue weighted by molar-refractivity contribution is 5.24. The van der Waals surface area contributed by atoms with Crippen LogP contribution in [0.15, 0.2) is 18.2 Å². The number of nitrogens with two attached hydrogens (primary N) is 1. The molecule has 0 saturated carbocycles. The smallest absolute Gasteiger partial charge is 0.123 e. The maximum Gasteiger partial charge on any atom is 0.123 e. The second kappa shape index (κ2) is 6.46. The molecule has 106 valence electrons. The summed E-state index contributed by atoms with van der Waals surface area (Å²) in [4.78, 5) is 4.68. The Labute approximate surface area is 115 Å². The molecule has 19 heavy (non-hydrogen) atoms. The summed E-state index contributed by atoms with van der Waals surface area (Å²) in [5.74, 6) is -0.179. The summed E-state index contributed by atoms with van der Waals surface area (Å²) in [6, 6.07) is 5.75. The largest absolute Gasteiger partial charge is 0.326 e. The van der Waals surface area contributed by atoms with Crippen LogP contribution in [-0.2, 0) is 13.1 Å². The van der Waals surface area contributed by atoms with E-state index in [1.807, 2.05) is 6.07 Å². The molecule has 2 rings (SSSR count). The van der Waals surface area contributed by atoms with Crippen LogP contribution in [0.4, 0.5) is 4.39 Å². The number of halogens is 1. The Morgan fingerprint density at radius 1 is 1.32 bits per heavy atom. The zero-order valence-corrected chi connectivity index (χ0v) is 11.9. The van der Waals surface area contributed by atoms with Crippen LogP contribution < -0.4 is 5.73 Å². The molecule has 1 fully saturated rings. The third-order valence-electron chi connectivity index (χ3n) is 3.71. The summed E-state index contributed by atoms with van der Waals surface area (Å²) in [5, 5.41) is 0. The lowest BCUT2D eigenvalue weighted by Crippen LogP contribution is -2.37. The summed E-state index contributed by atoms with van der Waals surface area (Å²) in [6.07, 6.45) is 2.47. The fraction of sp³-hybridized carbons (Fsp3) is 0.600. The second-order valence-electron chi connectivity index (χ2n) is 5.70. The van der Waals surface area contributed by atoms with Crippen molar-refractivity contribution in [3.05, 3.63) is 35.1 Å². The molecule has 0 bridgehead atoms. The van der Waals surface area contributed by atoms with Crippen LogP contribution in [0.25, 0.3) is 0 Å². The second-order valence-corrected chi connectivity index (χ2v) is 5.70. The van der Waals surface area contributed by atoms with Gasteiger partial charge in [-0.3, -0.25) is 4.90 Å². The quantitative estimate of drug-likeness (QED) is 0.881. The molecule has 1 aromatic carbocycles. The first-order valence-electron chi connectivity index (χ1n) is 6.95. The number of hydrogen-bond donors (Lipinski definition) is 1. The summed E-state index contributed by atoms with van der Waals surface area (Å²) < 4.78 is 13.5. The van der Waals surface area contributed by atoms with Crippen molar-refractivity contribution in [1.82, 2.24) is 9.80 Å². The van der Waals surface area contributed by atoms with Gasteiger partial charge in [-0.05, 0) is 56.7 Å². The lowest BCUT2D eigenvalue weighted by Gasteiger charge is -2.27. The molecule has 0 aliphatic carbocycles. The van der Waals surface area contributed by atoms with Crippen LogP contribution in [0.3, 0.4) is 0 Å². The van der Waals surface area contributed by atoms with E-state index in [9.17, 15) is 4.39 Å². The highest BCUT2D eigenvalue weighted by Crippen LogP contribution is 2.21. The molecular weight excluding hydrogens is 241 g/mol. The van der Waals surface area contributed by atoms with Crippen molar-refractivity contribution in [2.45, 2.75) is 32.0 Å². The van der Waals surface area contributed by atoms with Crippen LogP contribution in [0, 0.1) is 5.82 Å². The van der Waals surface area contributed by atoms with E-state index in [-0.39, 0.29) is 5.82 Å². The van der Waals surface area contributed by atoms with E-state index in [1.54, 1.807) is 6.07 Å². The topological polar surface area (TPSA) is 32.5 Å². The molecule has 0 aromatic heterocycles. The highest BCUT2D eigenvalue weighted by atomic mass is 19.1. The fourth-order valence-electron chi connectivity index (χ4n) is 2.89. The predicted molar refractivity (Wildman–Crippen MR) is 76.3 cm³/mol. The minimum atomic E-state index is -0.179. The summed E-state index contributed by atoms with van der Waals surface area (Å²) >= 11 is 0. The number of rotatable bonds is 5. The van der Waals surface area contributed by atoms with Gasteiger partial charge in [0, 0.05) is 25.7 Å². The zero-order valence-electron chi connectivity index (χ0n) is 11.9. The van der Waals surface area contributed by atoms with Crippen molar-refractivity contribution < 1.29 is 4.39 Å². The Kier molecular flexibility index (Phi) is 4.91. The molecule has 1 unspecified atom stereocenters. The van der Waals surface area contributed by atoms with Crippen molar-refractivity contribution >= 4 is 0 Å². The highest BCUT2D eigenvalue weighted by Gasteiger charge is 2.24. The Balaban J connectivity index is 2.05. The lowest BCUT2D eigenvalue weighted by atomic mass is 10.1. The summed E-state index contributed by atoms with van der Waals surface area (Å²) in [5.41, 5.74) is 7.51. The first-order valence-corrected chi connectivity index (χ1v) is 6.95. The van der Waals surface area contributed by atoms with Gasteiger partial charge in [0.2, 0.25) is 0 Å². The Morgan fingerprint density at radius 2 is 2.05 bits per heavy atom. The normalized spacial score (nSPS) is 20.4. The summed E-state index contributed by atoms with van der Waals surface area (Å²) in [6.45, 7) is 3.39. The Bertz CT molecular complexity index is 420. The first-order chi connectivity index (χ1) is 9.08. The molecule has 0 spiro atoms. The third kappa shape index (κ3) is 4.00. The number of benzene rings is 1.